The lowest BCUT2D eigenvalue weighted by Crippen LogP contribution is -2.33. The van der Waals surface area contributed by atoms with E-state index in [4.69, 9.17) is 5.73 Å². The highest BCUT2D eigenvalue weighted by molar-refractivity contribution is 5.05. The molecular weight excluding hydrogens is 124 g/mol. The van der Waals surface area contributed by atoms with Crippen LogP contribution in [-0.2, 0) is 0 Å². The van der Waals surface area contributed by atoms with E-state index in [9.17, 15) is 0 Å². The minimum absolute atomic E-state index is 0.660. The topological polar surface area (TPSA) is 38.0 Å². The van der Waals surface area contributed by atoms with Crippen molar-refractivity contribution < 1.29 is 0 Å². The summed E-state index contributed by atoms with van der Waals surface area (Å²) in [6.45, 7) is 3.36. The molecule has 1 aliphatic carbocycles. The smallest absolute Gasteiger partial charge is 0.00111 e. The maximum absolute atomic E-state index is 5.61. The minimum Gasteiger partial charge on any atom is -0.330 e. The van der Waals surface area contributed by atoms with Gasteiger partial charge in [-0.1, -0.05) is 0 Å². The van der Waals surface area contributed by atoms with Gasteiger partial charge in [-0.15, -0.1) is 0 Å². The summed E-state index contributed by atoms with van der Waals surface area (Å²) < 4.78 is 0. The van der Waals surface area contributed by atoms with Crippen LogP contribution in [0.25, 0.3) is 0 Å². The van der Waals surface area contributed by atoms with Crippen molar-refractivity contribution in [1.82, 2.24) is 5.32 Å². The fourth-order valence-corrected chi connectivity index (χ4v) is 2.28. The zero-order valence-corrected chi connectivity index (χ0v) is 6.40. The van der Waals surface area contributed by atoms with Crippen molar-refractivity contribution in [3.05, 3.63) is 0 Å². The highest BCUT2D eigenvalue weighted by Gasteiger charge is 2.52. The van der Waals surface area contributed by atoms with Crippen molar-refractivity contribution in [3.63, 3.8) is 0 Å². The van der Waals surface area contributed by atoms with Gasteiger partial charge < -0.3 is 11.1 Å². The normalized spacial score (nSPS) is 45.9. The molecule has 1 saturated carbocycles. The van der Waals surface area contributed by atoms with Gasteiger partial charge in [0.05, 0.1) is 0 Å². The molecule has 2 heteroatoms. The third-order valence-electron chi connectivity index (χ3n) is 3.15. The monoisotopic (exact) mass is 140 g/mol. The first-order valence-corrected chi connectivity index (χ1v) is 4.28. The Kier molecular flexibility index (Phi) is 1.46. The summed E-state index contributed by atoms with van der Waals surface area (Å²) in [5.41, 5.74) is 6.27. The predicted molar refractivity (Wildman–Crippen MR) is 41.7 cm³/mol. The Bertz CT molecular complexity index is 127. The Morgan fingerprint density at radius 1 is 1.60 bits per heavy atom. The zero-order valence-electron chi connectivity index (χ0n) is 6.40. The number of hydrogen-bond acceptors (Lipinski definition) is 2. The second-order valence-corrected chi connectivity index (χ2v) is 3.78. The third kappa shape index (κ3) is 0.867. The first-order valence-electron chi connectivity index (χ1n) is 4.28. The van der Waals surface area contributed by atoms with Gasteiger partial charge in [0.2, 0.25) is 0 Å². The molecule has 2 rings (SSSR count). The highest BCUT2D eigenvalue weighted by Crippen LogP contribution is 2.55. The summed E-state index contributed by atoms with van der Waals surface area (Å²) in [5, 5.41) is 3.45. The standard InChI is InChI=1S/C8H16N2/c9-5-7-4-8(7)2-1-3-10-6-8/h7,10H,1-6,9H2. The summed E-state index contributed by atoms with van der Waals surface area (Å²) >= 11 is 0. The molecule has 2 aliphatic rings. The number of rotatable bonds is 1. The highest BCUT2D eigenvalue weighted by atomic mass is 14.9. The van der Waals surface area contributed by atoms with Gasteiger partial charge in [-0.05, 0) is 43.7 Å². The lowest BCUT2D eigenvalue weighted by atomic mass is 9.94. The lowest BCUT2D eigenvalue weighted by Gasteiger charge is -2.23. The van der Waals surface area contributed by atoms with E-state index in [1.165, 1.54) is 32.4 Å². The first kappa shape index (κ1) is 6.62. The van der Waals surface area contributed by atoms with E-state index in [-0.39, 0.29) is 0 Å². The quantitative estimate of drug-likeness (QED) is 0.551. The van der Waals surface area contributed by atoms with Crippen molar-refractivity contribution >= 4 is 0 Å². The van der Waals surface area contributed by atoms with Crippen LogP contribution in [0.1, 0.15) is 19.3 Å². The molecule has 2 fully saturated rings. The fraction of sp³-hybridized carbons (Fsp3) is 1.00. The molecule has 0 amide bonds. The van der Waals surface area contributed by atoms with Gasteiger partial charge in [0.25, 0.3) is 0 Å². The summed E-state index contributed by atoms with van der Waals surface area (Å²) in [4.78, 5) is 0. The lowest BCUT2D eigenvalue weighted by molar-refractivity contribution is 0.329. The van der Waals surface area contributed by atoms with Gasteiger partial charge in [0.1, 0.15) is 0 Å². The van der Waals surface area contributed by atoms with E-state index in [0.717, 1.165) is 12.5 Å². The van der Waals surface area contributed by atoms with Crippen LogP contribution in [0.2, 0.25) is 0 Å². The van der Waals surface area contributed by atoms with E-state index in [1.54, 1.807) is 0 Å². The van der Waals surface area contributed by atoms with Crippen molar-refractivity contribution in [1.29, 1.82) is 0 Å². The van der Waals surface area contributed by atoms with Gasteiger partial charge in [-0.25, -0.2) is 0 Å². The number of hydrogen-bond donors (Lipinski definition) is 2. The Balaban J connectivity index is 1.92. The molecule has 2 unspecified atom stereocenters. The molecule has 0 aromatic carbocycles. The van der Waals surface area contributed by atoms with Crippen LogP contribution < -0.4 is 11.1 Å². The molecule has 1 heterocycles. The number of piperidine rings is 1. The van der Waals surface area contributed by atoms with Gasteiger partial charge in [0.15, 0.2) is 0 Å². The maximum Gasteiger partial charge on any atom is 0.00111 e. The first-order chi connectivity index (χ1) is 4.87. The molecule has 1 aliphatic heterocycles. The minimum atomic E-state index is 0.660. The van der Waals surface area contributed by atoms with Crippen LogP contribution >= 0.6 is 0 Å². The summed E-state index contributed by atoms with van der Waals surface area (Å²) in [5.74, 6) is 0.847. The van der Waals surface area contributed by atoms with E-state index < -0.39 is 0 Å². The molecule has 0 bridgehead atoms. The second kappa shape index (κ2) is 2.21. The molecule has 1 spiro atoms. The molecule has 1 saturated heterocycles. The maximum atomic E-state index is 5.61. The molecule has 0 aromatic heterocycles. The SMILES string of the molecule is NCC1CC12CCCNC2. The van der Waals surface area contributed by atoms with Crippen molar-refractivity contribution in [3.8, 4) is 0 Å². The van der Waals surface area contributed by atoms with Gasteiger partial charge in [-0.3, -0.25) is 0 Å². The van der Waals surface area contributed by atoms with E-state index >= 15 is 0 Å². The molecule has 58 valence electrons. The van der Waals surface area contributed by atoms with Crippen LogP contribution in [0.5, 0.6) is 0 Å². The van der Waals surface area contributed by atoms with E-state index in [0.29, 0.717) is 5.41 Å². The van der Waals surface area contributed by atoms with Gasteiger partial charge in [-0.2, -0.15) is 0 Å². The molecule has 2 atom stereocenters. The van der Waals surface area contributed by atoms with Crippen LogP contribution in [0.4, 0.5) is 0 Å². The largest absolute Gasteiger partial charge is 0.330 e. The fourth-order valence-electron chi connectivity index (χ4n) is 2.28. The molecular formula is C8H16N2. The summed E-state index contributed by atoms with van der Waals surface area (Å²) in [7, 11) is 0. The molecule has 2 nitrogen and oxygen atoms in total. The van der Waals surface area contributed by atoms with Crippen molar-refractivity contribution in [2.75, 3.05) is 19.6 Å². The van der Waals surface area contributed by atoms with Crippen LogP contribution in [0.3, 0.4) is 0 Å². The molecule has 0 radical (unpaired) electrons. The van der Waals surface area contributed by atoms with E-state index in [1.807, 2.05) is 0 Å². The summed E-state index contributed by atoms with van der Waals surface area (Å²) in [6, 6.07) is 0. The molecule has 3 N–H and O–H groups in total. The number of nitrogens with one attached hydrogen (secondary N) is 1. The van der Waals surface area contributed by atoms with Crippen molar-refractivity contribution in [2.45, 2.75) is 19.3 Å². The van der Waals surface area contributed by atoms with Crippen LogP contribution in [0, 0.1) is 11.3 Å². The zero-order chi connectivity index (χ0) is 7.03. The Hall–Kier alpha value is -0.0800. The molecule has 0 aromatic rings. The Labute approximate surface area is 62.2 Å². The predicted octanol–water partition coefficient (Wildman–Crippen LogP) is 0.335. The van der Waals surface area contributed by atoms with E-state index in [2.05, 4.69) is 5.32 Å². The average Bonchev–Trinajstić information content (AvgIpc) is 2.65. The second-order valence-electron chi connectivity index (χ2n) is 3.78. The van der Waals surface area contributed by atoms with Crippen molar-refractivity contribution in [2.24, 2.45) is 17.1 Å². The molecule has 10 heavy (non-hydrogen) atoms. The van der Waals surface area contributed by atoms with Gasteiger partial charge in [0, 0.05) is 6.54 Å². The van der Waals surface area contributed by atoms with Gasteiger partial charge >= 0.3 is 0 Å². The third-order valence-corrected chi connectivity index (χ3v) is 3.15. The Morgan fingerprint density at radius 2 is 2.50 bits per heavy atom. The average molecular weight is 140 g/mol. The van der Waals surface area contributed by atoms with Crippen LogP contribution in [0.15, 0.2) is 0 Å². The van der Waals surface area contributed by atoms with Crippen LogP contribution in [-0.4, -0.2) is 19.6 Å². The number of nitrogens with two attached hydrogens (primary N) is 1. The summed E-state index contributed by atoms with van der Waals surface area (Å²) in [6.07, 6.45) is 4.16. The Morgan fingerprint density at radius 3 is 3.00 bits per heavy atom.